The van der Waals surface area contributed by atoms with Crippen LogP contribution < -0.4 is 4.90 Å². The van der Waals surface area contributed by atoms with Crippen molar-refractivity contribution in [2.45, 2.75) is 64.8 Å². The number of methoxy groups -OCH3 is 1. The Labute approximate surface area is 264 Å². The number of carbonyl (C=O) groups is 1. The van der Waals surface area contributed by atoms with Crippen LogP contribution in [0.4, 0.5) is 10.1 Å². The van der Waals surface area contributed by atoms with E-state index in [0.717, 1.165) is 40.7 Å². The number of rotatable bonds is 9. The summed E-state index contributed by atoms with van der Waals surface area (Å²) < 4.78 is 33.7. The van der Waals surface area contributed by atoms with E-state index in [0.29, 0.717) is 36.5 Å². The van der Waals surface area contributed by atoms with E-state index in [-0.39, 0.29) is 11.4 Å². The van der Waals surface area contributed by atoms with Crippen LogP contribution in [-0.2, 0) is 19.0 Å². The fourth-order valence-electron chi connectivity index (χ4n) is 5.93. The largest absolute Gasteiger partial charge is 0.507 e. The van der Waals surface area contributed by atoms with Crippen molar-refractivity contribution in [3.8, 4) is 28.1 Å². The zero-order chi connectivity index (χ0) is 32.5. The van der Waals surface area contributed by atoms with E-state index in [9.17, 15) is 14.3 Å². The zero-order valence-electron chi connectivity index (χ0n) is 26.9. The first-order chi connectivity index (χ1) is 21.3. The number of piperidine rings is 1. The summed E-state index contributed by atoms with van der Waals surface area (Å²) in [6, 6.07) is 13.4. The number of pyridine rings is 1. The predicted molar refractivity (Wildman–Crippen MR) is 174 cm³/mol. The van der Waals surface area contributed by atoms with Crippen molar-refractivity contribution in [1.29, 1.82) is 0 Å². The van der Waals surface area contributed by atoms with Gasteiger partial charge in [-0.2, -0.15) is 5.10 Å². The molecule has 0 bridgehead atoms. The first-order valence-electron chi connectivity index (χ1n) is 15.2. The lowest BCUT2D eigenvalue weighted by molar-refractivity contribution is -0.164. The van der Waals surface area contributed by atoms with Crippen molar-refractivity contribution >= 4 is 17.2 Å². The third-order valence-corrected chi connectivity index (χ3v) is 8.24. The molecule has 5 rings (SSSR count). The highest BCUT2D eigenvalue weighted by Crippen LogP contribution is 2.42. The summed E-state index contributed by atoms with van der Waals surface area (Å²) >= 11 is 0. The number of fused-ring (bicyclic) bond motifs is 1. The summed E-state index contributed by atoms with van der Waals surface area (Å²) in [7, 11) is 1.37. The quantitative estimate of drug-likeness (QED) is 0.155. The molecule has 1 unspecified atom stereocenters. The number of phenolic OH excluding ortho intramolecular Hbond substituents is 1. The molecular weight excluding hydrogens is 573 g/mol. The Morgan fingerprint density at radius 2 is 1.87 bits per heavy atom. The monoisotopic (exact) mass is 615 g/mol. The highest BCUT2D eigenvalue weighted by molar-refractivity contribution is 5.88. The van der Waals surface area contributed by atoms with E-state index in [2.05, 4.69) is 18.4 Å². The lowest BCUT2D eigenvalue weighted by Gasteiger charge is -2.41. The van der Waals surface area contributed by atoms with Gasteiger partial charge in [0, 0.05) is 36.0 Å². The molecule has 1 N–H and O–H groups in total. The summed E-state index contributed by atoms with van der Waals surface area (Å²) in [5, 5.41) is 15.4. The Hall–Kier alpha value is -4.21. The second-order valence-corrected chi connectivity index (χ2v) is 12.8. The van der Waals surface area contributed by atoms with Crippen LogP contribution in [-0.4, -0.2) is 58.7 Å². The minimum absolute atomic E-state index is 0.00651. The number of aromatic nitrogens is 2. The van der Waals surface area contributed by atoms with Crippen LogP contribution in [0.5, 0.6) is 5.75 Å². The first kappa shape index (κ1) is 32.2. The van der Waals surface area contributed by atoms with Gasteiger partial charge in [0.1, 0.15) is 11.6 Å². The summed E-state index contributed by atoms with van der Waals surface area (Å²) in [5.41, 5.74) is 4.88. The smallest absolute Gasteiger partial charge is 0.339 e. The Bertz CT molecular complexity index is 1720. The van der Waals surface area contributed by atoms with Gasteiger partial charge in [-0.25, -0.2) is 13.7 Å². The molecule has 1 atom stereocenters. The molecule has 0 saturated carbocycles. The Morgan fingerprint density at radius 1 is 1.16 bits per heavy atom. The lowest BCUT2D eigenvalue weighted by atomic mass is 9.91. The van der Waals surface area contributed by atoms with Crippen LogP contribution in [0.25, 0.3) is 27.9 Å². The second kappa shape index (κ2) is 12.7. The predicted octanol–water partition coefficient (Wildman–Crippen LogP) is 7.41. The number of ether oxygens (including phenoxy) is 3. The molecule has 0 amide bonds. The molecule has 2 aromatic heterocycles. The Kier molecular flexibility index (Phi) is 9.05. The zero-order valence-corrected chi connectivity index (χ0v) is 26.9. The molecule has 0 aliphatic carbocycles. The van der Waals surface area contributed by atoms with Gasteiger partial charge < -0.3 is 24.2 Å². The first-order valence-corrected chi connectivity index (χ1v) is 15.2. The van der Waals surface area contributed by atoms with Crippen molar-refractivity contribution in [2.24, 2.45) is 0 Å². The highest BCUT2D eigenvalue weighted by Gasteiger charge is 2.37. The van der Waals surface area contributed by atoms with Crippen LogP contribution in [0, 0.1) is 12.7 Å². The summed E-state index contributed by atoms with van der Waals surface area (Å²) in [5.74, 6) is -0.913. The number of phenols is 1. The molecular formula is C36H42FN3O5. The number of hydrogen-bond donors (Lipinski definition) is 1. The molecule has 1 aliphatic heterocycles. The van der Waals surface area contributed by atoms with Gasteiger partial charge in [-0.05, 0) is 88.9 Å². The second-order valence-electron chi connectivity index (χ2n) is 12.8. The molecule has 238 valence electrons. The summed E-state index contributed by atoms with van der Waals surface area (Å²) in [4.78, 5) is 15.6. The average molecular weight is 616 g/mol. The van der Waals surface area contributed by atoms with Crippen molar-refractivity contribution in [3.05, 3.63) is 84.3 Å². The van der Waals surface area contributed by atoms with Crippen molar-refractivity contribution in [2.75, 3.05) is 31.7 Å². The molecule has 1 aliphatic rings. The van der Waals surface area contributed by atoms with Crippen molar-refractivity contribution < 1.29 is 28.5 Å². The molecule has 1 saturated heterocycles. The van der Waals surface area contributed by atoms with Gasteiger partial charge in [-0.15, -0.1) is 6.58 Å². The maximum atomic E-state index is 14.1. The molecule has 4 aromatic rings. The van der Waals surface area contributed by atoms with E-state index < -0.39 is 23.5 Å². The van der Waals surface area contributed by atoms with Crippen LogP contribution in [0.3, 0.4) is 0 Å². The summed E-state index contributed by atoms with van der Waals surface area (Å²) in [6.07, 6.45) is 4.28. The van der Waals surface area contributed by atoms with E-state index >= 15 is 0 Å². The Balaban J connectivity index is 1.66. The average Bonchev–Trinajstić information content (AvgIpc) is 3.43. The van der Waals surface area contributed by atoms with Gasteiger partial charge >= 0.3 is 5.97 Å². The van der Waals surface area contributed by atoms with Gasteiger partial charge in [0.2, 0.25) is 0 Å². The molecule has 8 nitrogen and oxygen atoms in total. The minimum Gasteiger partial charge on any atom is -0.507 e. The van der Waals surface area contributed by atoms with Crippen LogP contribution in [0.1, 0.15) is 57.8 Å². The number of halogens is 1. The number of aryl methyl sites for hydroxylation is 1. The van der Waals surface area contributed by atoms with E-state index in [1.54, 1.807) is 6.08 Å². The van der Waals surface area contributed by atoms with Crippen LogP contribution in [0.15, 0.2) is 67.4 Å². The lowest BCUT2D eigenvalue weighted by Crippen LogP contribution is -2.45. The fourth-order valence-corrected chi connectivity index (χ4v) is 5.93. The topological polar surface area (TPSA) is 85.5 Å². The van der Waals surface area contributed by atoms with E-state index in [4.69, 9.17) is 19.3 Å². The van der Waals surface area contributed by atoms with Gasteiger partial charge in [-0.1, -0.05) is 24.3 Å². The number of nitrogens with zero attached hydrogens (tertiary/aromatic N) is 3. The molecule has 0 spiro atoms. The number of carbonyl (C=O) groups excluding carboxylic acids is 1. The van der Waals surface area contributed by atoms with Gasteiger partial charge in [0.25, 0.3) is 0 Å². The molecule has 3 heterocycles. The number of anilines is 1. The minimum atomic E-state index is -0.960. The SMILES string of the molecule is C=CCOC1(C)CCN(c2c(C(OC(C)(C)C)C(=O)OC)c(C)cn3nc(-c4cccc(-c5cc(F)ccc5O)c4)cc23)CC1. The standard InChI is InChI=1S/C36H42FN3O5/c1-8-18-44-36(6)14-16-39(17-15-36)32-29-21-28(25-11-9-10-24(19-25)27-20-26(37)12-13-30(27)41)38-40(29)22-23(2)31(32)33(34(42)43-7)45-35(3,4)5/h8-13,19-22,33,41H,1,14-18H2,2-7H3. The van der Waals surface area contributed by atoms with Crippen LogP contribution in [0.2, 0.25) is 0 Å². The molecule has 9 heteroatoms. The molecule has 45 heavy (non-hydrogen) atoms. The number of benzene rings is 2. The van der Waals surface area contributed by atoms with Crippen molar-refractivity contribution in [1.82, 2.24) is 9.61 Å². The molecule has 0 radical (unpaired) electrons. The van der Waals surface area contributed by atoms with Crippen LogP contribution >= 0.6 is 0 Å². The maximum absolute atomic E-state index is 14.1. The number of esters is 1. The number of hydrogen-bond acceptors (Lipinski definition) is 7. The maximum Gasteiger partial charge on any atom is 0.339 e. The van der Waals surface area contributed by atoms with Gasteiger partial charge in [0.15, 0.2) is 6.10 Å². The van der Waals surface area contributed by atoms with E-state index in [1.807, 2.05) is 68.7 Å². The third kappa shape index (κ3) is 6.89. The fraction of sp³-hybridized carbons (Fsp3) is 0.389. The Morgan fingerprint density at radius 3 is 2.53 bits per heavy atom. The van der Waals surface area contributed by atoms with Crippen molar-refractivity contribution in [3.63, 3.8) is 0 Å². The van der Waals surface area contributed by atoms with E-state index in [1.165, 1.54) is 25.3 Å². The normalized spacial score (nSPS) is 15.7. The summed E-state index contributed by atoms with van der Waals surface area (Å²) in [6.45, 7) is 15.5. The highest BCUT2D eigenvalue weighted by atomic mass is 19.1. The number of aromatic hydroxyl groups is 1. The molecule has 2 aromatic carbocycles. The third-order valence-electron chi connectivity index (χ3n) is 8.24. The molecule has 1 fully saturated rings. The van der Waals surface area contributed by atoms with Gasteiger partial charge in [-0.3, -0.25) is 0 Å². The van der Waals surface area contributed by atoms with Gasteiger partial charge in [0.05, 0.1) is 41.8 Å².